The lowest BCUT2D eigenvalue weighted by molar-refractivity contribution is 0.308. The smallest absolute Gasteiger partial charge is 0.0800 e. The number of nitrogens with zero attached hydrogens (tertiary/aromatic N) is 3. The maximum atomic E-state index is 4.56. The fourth-order valence-corrected chi connectivity index (χ4v) is 2.11. The van der Waals surface area contributed by atoms with Crippen LogP contribution >= 0.6 is 0 Å². The van der Waals surface area contributed by atoms with E-state index in [1.54, 1.807) is 0 Å². The molecule has 1 aliphatic heterocycles. The van der Waals surface area contributed by atoms with Gasteiger partial charge in [-0.2, -0.15) is 5.10 Å². The van der Waals surface area contributed by atoms with E-state index in [4.69, 9.17) is 0 Å². The third-order valence-electron chi connectivity index (χ3n) is 2.87. The zero-order chi connectivity index (χ0) is 10.1. The molecule has 0 saturated heterocycles. The first-order chi connectivity index (χ1) is 6.72. The van der Waals surface area contributed by atoms with Gasteiger partial charge in [-0.3, -0.25) is 4.68 Å². The highest BCUT2D eigenvalue weighted by Gasteiger charge is 2.20. The van der Waals surface area contributed by atoms with E-state index in [-0.39, 0.29) is 0 Å². The number of aromatic nitrogens is 2. The predicted molar refractivity (Wildman–Crippen MR) is 56.0 cm³/mol. The van der Waals surface area contributed by atoms with E-state index in [9.17, 15) is 0 Å². The molecule has 2 rings (SSSR count). The first-order valence-electron chi connectivity index (χ1n) is 5.09. The molecule has 0 aliphatic carbocycles. The summed E-state index contributed by atoms with van der Waals surface area (Å²) in [5.74, 6) is 0. The van der Waals surface area contributed by atoms with Gasteiger partial charge in [0.15, 0.2) is 0 Å². The Kier molecular flexibility index (Phi) is 2.56. The Hall–Kier alpha value is -0.870. The van der Waals surface area contributed by atoms with Gasteiger partial charge in [-0.15, -0.1) is 0 Å². The molecule has 4 heteroatoms. The third-order valence-corrected chi connectivity index (χ3v) is 2.87. The van der Waals surface area contributed by atoms with Crippen LogP contribution in [0.3, 0.4) is 0 Å². The van der Waals surface area contributed by atoms with Crippen LogP contribution in [0.15, 0.2) is 0 Å². The van der Waals surface area contributed by atoms with Crippen molar-refractivity contribution < 1.29 is 0 Å². The molecule has 14 heavy (non-hydrogen) atoms. The third kappa shape index (κ3) is 1.55. The lowest BCUT2D eigenvalue weighted by atomic mass is 10.0. The van der Waals surface area contributed by atoms with Crippen molar-refractivity contribution in [1.29, 1.82) is 0 Å². The summed E-state index contributed by atoms with van der Waals surface area (Å²) in [5.41, 5.74) is 4.06. The van der Waals surface area contributed by atoms with E-state index in [2.05, 4.69) is 22.4 Å². The van der Waals surface area contributed by atoms with Gasteiger partial charge in [0, 0.05) is 32.2 Å². The molecule has 0 radical (unpaired) electrons. The van der Waals surface area contributed by atoms with E-state index in [0.29, 0.717) is 0 Å². The lowest BCUT2D eigenvalue weighted by Gasteiger charge is -2.21. The highest BCUT2D eigenvalue weighted by atomic mass is 15.3. The summed E-state index contributed by atoms with van der Waals surface area (Å²) in [6.07, 6.45) is 1.14. The van der Waals surface area contributed by atoms with Gasteiger partial charge in [0.2, 0.25) is 0 Å². The minimum atomic E-state index is 0.919. The molecule has 1 N–H and O–H groups in total. The Labute approximate surface area is 84.9 Å². The molecule has 0 bridgehead atoms. The molecular weight excluding hydrogens is 176 g/mol. The van der Waals surface area contributed by atoms with Crippen molar-refractivity contribution in [2.24, 2.45) is 7.05 Å². The summed E-state index contributed by atoms with van der Waals surface area (Å²) in [6.45, 7) is 3.06. The standard InChI is InChI=1S/C10H18N4/c1-11-6-10-8-4-5-13(2)7-9(8)12-14(10)3/h11H,4-7H2,1-3H3. The van der Waals surface area contributed by atoms with Gasteiger partial charge in [0.25, 0.3) is 0 Å². The maximum Gasteiger partial charge on any atom is 0.0800 e. The fourth-order valence-electron chi connectivity index (χ4n) is 2.11. The molecule has 0 fully saturated rings. The van der Waals surface area contributed by atoms with E-state index in [1.165, 1.54) is 17.0 Å². The Morgan fingerprint density at radius 2 is 2.21 bits per heavy atom. The summed E-state index contributed by atoms with van der Waals surface area (Å²) in [4.78, 5) is 2.32. The van der Waals surface area contributed by atoms with Crippen LogP contribution in [0.1, 0.15) is 17.0 Å². The first kappa shape index (κ1) is 9.68. The van der Waals surface area contributed by atoms with Crippen LogP contribution in [0.2, 0.25) is 0 Å². The van der Waals surface area contributed by atoms with Crippen molar-refractivity contribution >= 4 is 0 Å². The highest BCUT2D eigenvalue weighted by molar-refractivity contribution is 5.28. The molecule has 2 heterocycles. The second-order valence-electron chi connectivity index (χ2n) is 4.01. The molecule has 0 spiro atoms. The zero-order valence-electron chi connectivity index (χ0n) is 9.17. The van der Waals surface area contributed by atoms with Crippen LogP contribution in [-0.2, 0) is 26.6 Å². The van der Waals surface area contributed by atoms with Crippen LogP contribution in [0.4, 0.5) is 0 Å². The highest BCUT2D eigenvalue weighted by Crippen LogP contribution is 2.20. The molecular formula is C10H18N4. The van der Waals surface area contributed by atoms with Crippen LogP contribution < -0.4 is 5.32 Å². The van der Waals surface area contributed by atoms with E-state index in [1.807, 2.05) is 18.8 Å². The monoisotopic (exact) mass is 194 g/mol. The van der Waals surface area contributed by atoms with Gasteiger partial charge in [-0.05, 0) is 20.5 Å². The van der Waals surface area contributed by atoms with E-state index >= 15 is 0 Å². The average Bonchev–Trinajstić information content (AvgIpc) is 2.43. The van der Waals surface area contributed by atoms with Gasteiger partial charge < -0.3 is 10.2 Å². The minimum Gasteiger partial charge on any atom is -0.314 e. The molecule has 4 nitrogen and oxygen atoms in total. The van der Waals surface area contributed by atoms with E-state index in [0.717, 1.165) is 26.1 Å². The Morgan fingerprint density at radius 3 is 2.93 bits per heavy atom. The summed E-state index contributed by atoms with van der Waals surface area (Å²) >= 11 is 0. The zero-order valence-corrected chi connectivity index (χ0v) is 9.17. The number of likely N-dealkylation sites (N-methyl/N-ethyl adjacent to an activating group) is 1. The Morgan fingerprint density at radius 1 is 1.43 bits per heavy atom. The topological polar surface area (TPSA) is 33.1 Å². The Balaban J connectivity index is 2.33. The van der Waals surface area contributed by atoms with Crippen molar-refractivity contribution in [2.45, 2.75) is 19.5 Å². The van der Waals surface area contributed by atoms with Gasteiger partial charge in [-0.1, -0.05) is 0 Å². The quantitative estimate of drug-likeness (QED) is 0.726. The molecule has 78 valence electrons. The fraction of sp³-hybridized carbons (Fsp3) is 0.700. The summed E-state index contributed by atoms with van der Waals surface area (Å²) < 4.78 is 2.01. The van der Waals surface area contributed by atoms with Crippen molar-refractivity contribution in [3.63, 3.8) is 0 Å². The molecule has 0 atom stereocenters. The molecule has 0 amide bonds. The second-order valence-corrected chi connectivity index (χ2v) is 4.01. The SMILES string of the molecule is CNCc1c2c(nn1C)CN(C)CC2. The summed E-state index contributed by atoms with van der Waals surface area (Å²) in [6, 6.07) is 0. The number of aryl methyl sites for hydroxylation is 1. The normalized spacial score (nSPS) is 17.1. The van der Waals surface area contributed by atoms with Crippen molar-refractivity contribution in [3.8, 4) is 0 Å². The predicted octanol–water partition coefficient (Wildman–Crippen LogP) is 0.127. The first-order valence-corrected chi connectivity index (χ1v) is 5.09. The molecule has 0 saturated carbocycles. The van der Waals surface area contributed by atoms with Crippen molar-refractivity contribution in [3.05, 3.63) is 17.0 Å². The maximum absolute atomic E-state index is 4.56. The average molecular weight is 194 g/mol. The number of nitrogens with one attached hydrogen (secondary N) is 1. The minimum absolute atomic E-state index is 0.919. The summed E-state index contributed by atoms with van der Waals surface area (Å²) in [7, 11) is 6.16. The van der Waals surface area contributed by atoms with Crippen LogP contribution in [0.5, 0.6) is 0 Å². The van der Waals surface area contributed by atoms with Crippen LogP contribution in [0, 0.1) is 0 Å². The lowest BCUT2D eigenvalue weighted by Crippen LogP contribution is -2.26. The van der Waals surface area contributed by atoms with Crippen molar-refractivity contribution in [1.82, 2.24) is 20.0 Å². The second kappa shape index (κ2) is 3.71. The molecule has 1 aliphatic rings. The van der Waals surface area contributed by atoms with Crippen LogP contribution in [-0.4, -0.2) is 35.3 Å². The number of fused-ring (bicyclic) bond motifs is 1. The van der Waals surface area contributed by atoms with Gasteiger partial charge in [-0.25, -0.2) is 0 Å². The van der Waals surface area contributed by atoms with Gasteiger partial charge >= 0.3 is 0 Å². The summed E-state index contributed by atoms with van der Waals surface area (Å²) in [5, 5.41) is 7.75. The molecule has 1 aromatic heterocycles. The molecule has 0 unspecified atom stereocenters. The number of hydrogen-bond donors (Lipinski definition) is 1. The number of hydrogen-bond acceptors (Lipinski definition) is 3. The molecule has 0 aromatic carbocycles. The van der Waals surface area contributed by atoms with Crippen LogP contribution in [0.25, 0.3) is 0 Å². The molecule has 1 aromatic rings. The largest absolute Gasteiger partial charge is 0.314 e. The number of rotatable bonds is 2. The van der Waals surface area contributed by atoms with E-state index < -0.39 is 0 Å². The van der Waals surface area contributed by atoms with Gasteiger partial charge in [0.1, 0.15) is 0 Å². The van der Waals surface area contributed by atoms with Gasteiger partial charge in [0.05, 0.1) is 11.4 Å². The van der Waals surface area contributed by atoms with Crippen molar-refractivity contribution in [2.75, 3.05) is 20.6 Å². The Bertz CT molecular complexity index is 329.